The van der Waals surface area contributed by atoms with Crippen LogP contribution in [0.1, 0.15) is 12.0 Å². The molecule has 0 spiro atoms. The van der Waals surface area contributed by atoms with E-state index in [1.807, 2.05) is 13.0 Å². The van der Waals surface area contributed by atoms with Crippen LogP contribution in [0.4, 0.5) is 0 Å². The molecule has 0 bridgehead atoms. The number of aromatic nitrogens is 3. The van der Waals surface area contributed by atoms with Gasteiger partial charge in [-0.25, -0.2) is 9.36 Å². The van der Waals surface area contributed by atoms with E-state index in [9.17, 15) is 9.59 Å². The van der Waals surface area contributed by atoms with Gasteiger partial charge in [-0.2, -0.15) is 5.26 Å². The molecule has 29 heavy (non-hydrogen) atoms. The summed E-state index contributed by atoms with van der Waals surface area (Å²) >= 11 is 6.26. The molecule has 0 aliphatic carbocycles. The fourth-order valence-electron chi connectivity index (χ4n) is 3.21. The Bertz CT molecular complexity index is 1390. The van der Waals surface area contributed by atoms with Crippen LogP contribution in [-0.4, -0.2) is 14.1 Å². The highest BCUT2D eigenvalue weighted by atomic mass is 35.5. The number of halogens is 1. The zero-order chi connectivity index (χ0) is 20.5. The molecule has 144 valence electrons. The normalized spacial score (nSPS) is 10.9. The van der Waals surface area contributed by atoms with Crippen molar-refractivity contribution < 1.29 is 4.42 Å². The van der Waals surface area contributed by atoms with Gasteiger partial charge in [0, 0.05) is 24.4 Å². The number of nitriles is 1. The summed E-state index contributed by atoms with van der Waals surface area (Å²) in [7, 11) is 0. The van der Waals surface area contributed by atoms with Crippen molar-refractivity contribution >= 4 is 22.7 Å². The Morgan fingerprint density at radius 2 is 2.00 bits per heavy atom. The predicted octanol–water partition coefficient (Wildman–Crippen LogP) is 3.68. The number of nitrogens with zero attached hydrogens (tertiary/aromatic N) is 4. The Balaban J connectivity index is 2.06. The van der Waals surface area contributed by atoms with Gasteiger partial charge in [0.25, 0.3) is 0 Å². The van der Waals surface area contributed by atoms with Crippen molar-refractivity contribution in [2.45, 2.75) is 19.9 Å². The van der Waals surface area contributed by atoms with E-state index in [4.69, 9.17) is 21.3 Å². The molecule has 8 heteroatoms. The molecule has 0 aliphatic rings. The van der Waals surface area contributed by atoms with Crippen molar-refractivity contribution in [3.05, 3.63) is 80.2 Å². The second-order valence-electron chi connectivity index (χ2n) is 6.51. The first-order valence-electron chi connectivity index (χ1n) is 8.84. The number of fused-ring (bicyclic) bond motifs is 1. The topological polar surface area (TPSA) is 93.8 Å². The molecule has 4 rings (SSSR count). The van der Waals surface area contributed by atoms with Crippen LogP contribution in [0.15, 0.2) is 62.8 Å². The van der Waals surface area contributed by atoms with E-state index >= 15 is 0 Å². The zero-order valence-electron chi connectivity index (χ0n) is 15.4. The van der Waals surface area contributed by atoms with Gasteiger partial charge in [-0.3, -0.25) is 14.3 Å². The van der Waals surface area contributed by atoms with Gasteiger partial charge in [0.15, 0.2) is 0 Å². The maximum absolute atomic E-state index is 13.2. The van der Waals surface area contributed by atoms with Gasteiger partial charge in [-0.05, 0) is 30.7 Å². The molecule has 0 saturated carbocycles. The van der Waals surface area contributed by atoms with Crippen LogP contribution < -0.4 is 11.2 Å². The molecule has 3 aromatic heterocycles. The van der Waals surface area contributed by atoms with E-state index in [-0.39, 0.29) is 18.5 Å². The van der Waals surface area contributed by atoms with Gasteiger partial charge < -0.3 is 4.42 Å². The first-order chi connectivity index (χ1) is 14.0. The smallest absolute Gasteiger partial charge is 0.336 e. The zero-order valence-corrected chi connectivity index (χ0v) is 16.2. The number of hydrogen-bond donors (Lipinski definition) is 0. The second kappa shape index (κ2) is 7.41. The van der Waals surface area contributed by atoms with E-state index in [2.05, 4.69) is 4.98 Å². The molecule has 0 N–H and O–H groups in total. The lowest BCUT2D eigenvalue weighted by molar-refractivity contribution is 0.604. The SMILES string of the molecule is Cc1cncc(-n2c(=O)c3oc(-c4ccccc4Cl)cc3n(CCC#N)c2=O)c1. The molecule has 0 fully saturated rings. The van der Waals surface area contributed by atoms with Crippen molar-refractivity contribution in [3.63, 3.8) is 0 Å². The van der Waals surface area contributed by atoms with Gasteiger partial charge in [0.1, 0.15) is 5.76 Å². The number of benzene rings is 1. The lowest BCUT2D eigenvalue weighted by Gasteiger charge is -2.10. The fraction of sp³-hybridized carbons (Fsp3) is 0.143. The second-order valence-corrected chi connectivity index (χ2v) is 6.92. The average molecular weight is 407 g/mol. The molecule has 0 aliphatic heterocycles. The van der Waals surface area contributed by atoms with E-state index in [0.29, 0.717) is 27.6 Å². The molecule has 0 amide bonds. The molecule has 0 atom stereocenters. The Kier molecular flexibility index (Phi) is 4.79. The van der Waals surface area contributed by atoms with E-state index < -0.39 is 11.2 Å². The summed E-state index contributed by atoms with van der Waals surface area (Å²) in [4.78, 5) is 30.4. The first-order valence-corrected chi connectivity index (χ1v) is 9.22. The first kappa shape index (κ1) is 18.7. The summed E-state index contributed by atoms with van der Waals surface area (Å²) in [6, 6.07) is 12.4. The number of aryl methyl sites for hydroxylation is 2. The summed E-state index contributed by atoms with van der Waals surface area (Å²) in [6.07, 6.45) is 3.17. The third kappa shape index (κ3) is 3.24. The van der Waals surface area contributed by atoms with Gasteiger partial charge in [-0.15, -0.1) is 0 Å². The lowest BCUT2D eigenvalue weighted by Crippen LogP contribution is -2.38. The summed E-state index contributed by atoms with van der Waals surface area (Å²) in [5, 5.41) is 9.46. The van der Waals surface area contributed by atoms with Crippen LogP contribution in [-0.2, 0) is 6.54 Å². The Labute approximate surface area is 170 Å². The van der Waals surface area contributed by atoms with Crippen LogP contribution >= 0.6 is 11.6 Å². The minimum absolute atomic E-state index is 0.0129. The summed E-state index contributed by atoms with van der Waals surface area (Å²) < 4.78 is 8.23. The molecule has 7 nitrogen and oxygen atoms in total. The maximum Gasteiger partial charge on any atom is 0.336 e. The highest BCUT2D eigenvalue weighted by Crippen LogP contribution is 2.31. The average Bonchev–Trinajstić information content (AvgIpc) is 3.14. The van der Waals surface area contributed by atoms with Crippen molar-refractivity contribution in [1.29, 1.82) is 5.26 Å². The number of furan rings is 1. The highest BCUT2D eigenvalue weighted by molar-refractivity contribution is 6.33. The van der Waals surface area contributed by atoms with Crippen molar-refractivity contribution in [1.82, 2.24) is 14.1 Å². The van der Waals surface area contributed by atoms with Gasteiger partial charge in [0.05, 0.1) is 34.9 Å². The standard InChI is InChI=1S/C21H15ClN4O3/c1-13-9-14(12-24-11-13)26-20(27)19-17(25(21(26)28)8-4-7-23)10-18(29-19)15-5-2-3-6-16(15)22/h2-3,5-6,9-12H,4,8H2,1H3. The molecule has 0 saturated heterocycles. The van der Waals surface area contributed by atoms with Crippen LogP contribution in [0.25, 0.3) is 28.1 Å². The highest BCUT2D eigenvalue weighted by Gasteiger charge is 2.20. The molecule has 4 aromatic rings. The van der Waals surface area contributed by atoms with E-state index in [1.54, 1.807) is 42.6 Å². The Hall–Kier alpha value is -3.63. The van der Waals surface area contributed by atoms with Crippen LogP contribution in [0.2, 0.25) is 5.02 Å². The molecular weight excluding hydrogens is 392 g/mol. The van der Waals surface area contributed by atoms with Crippen molar-refractivity contribution in [3.8, 4) is 23.1 Å². The number of pyridine rings is 1. The quantitative estimate of drug-likeness (QED) is 0.515. The monoisotopic (exact) mass is 406 g/mol. The summed E-state index contributed by atoms with van der Waals surface area (Å²) in [5.41, 5.74) is 0.923. The number of rotatable bonds is 4. The molecule has 1 aromatic carbocycles. The predicted molar refractivity (Wildman–Crippen MR) is 109 cm³/mol. The lowest BCUT2D eigenvalue weighted by atomic mass is 10.2. The minimum Gasteiger partial charge on any atom is -0.449 e. The maximum atomic E-state index is 13.2. The minimum atomic E-state index is -0.594. The van der Waals surface area contributed by atoms with Gasteiger partial charge in [-0.1, -0.05) is 23.7 Å². The Morgan fingerprint density at radius 3 is 2.72 bits per heavy atom. The summed E-state index contributed by atoms with van der Waals surface area (Å²) in [6.45, 7) is 1.93. The van der Waals surface area contributed by atoms with Gasteiger partial charge in [0.2, 0.25) is 5.58 Å². The van der Waals surface area contributed by atoms with Crippen LogP contribution in [0.3, 0.4) is 0 Å². The van der Waals surface area contributed by atoms with E-state index in [0.717, 1.165) is 10.1 Å². The largest absolute Gasteiger partial charge is 0.449 e. The van der Waals surface area contributed by atoms with E-state index in [1.165, 1.54) is 10.8 Å². The number of hydrogen-bond acceptors (Lipinski definition) is 5. The fourth-order valence-corrected chi connectivity index (χ4v) is 3.44. The third-order valence-corrected chi connectivity index (χ3v) is 4.86. The molecular formula is C21H15ClN4O3. The van der Waals surface area contributed by atoms with Crippen molar-refractivity contribution in [2.75, 3.05) is 0 Å². The third-order valence-electron chi connectivity index (χ3n) is 4.53. The molecule has 3 heterocycles. The molecule has 0 unspecified atom stereocenters. The summed E-state index contributed by atoms with van der Waals surface area (Å²) in [5.74, 6) is 0.368. The van der Waals surface area contributed by atoms with Crippen LogP contribution in [0.5, 0.6) is 0 Å². The van der Waals surface area contributed by atoms with Crippen LogP contribution in [0, 0.1) is 18.3 Å². The molecule has 0 radical (unpaired) electrons. The van der Waals surface area contributed by atoms with Gasteiger partial charge >= 0.3 is 11.2 Å². The Morgan fingerprint density at radius 1 is 1.21 bits per heavy atom. The van der Waals surface area contributed by atoms with Crippen molar-refractivity contribution in [2.24, 2.45) is 0 Å².